The van der Waals surface area contributed by atoms with Crippen LogP contribution in [0.15, 0.2) is 60.7 Å². The second kappa shape index (κ2) is 29.3. The third-order valence-corrected chi connectivity index (χ3v) is 9.11. The van der Waals surface area contributed by atoms with Gasteiger partial charge in [0.25, 0.3) is 0 Å². The van der Waals surface area contributed by atoms with Crippen LogP contribution in [0.3, 0.4) is 0 Å². The molecule has 0 radical (unpaired) electrons. The first-order valence-corrected chi connectivity index (χ1v) is 20.5. The van der Waals surface area contributed by atoms with E-state index in [0.717, 1.165) is 11.1 Å². The highest BCUT2D eigenvalue weighted by Gasteiger charge is 2.31. The molecule has 5 amide bonds. The molecule has 16 heteroatoms. The number of amides is 5. The van der Waals surface area contributed by atoms with Crippen LogP contribution < -0.4 is 49.5 Å². The lowest BCUT2D eigenvalue weighted by Gasteiger charge is -2.27. The SMILES string of the molecule is CC.CC(C)C[C@@H](NC(=O)[C@@H](Cc1ccccc1)NC(=O)[C@H](N)Cc1ccccc1)C(=O)N[C@H](CCCN)C(=O)NCCCCC(NC(=O)[C@H](N)CCCN)C(=O)O. The van der Waals surface area contributed by atoms with Crippen molar-refractivity contribution < 1.29 is 33.9 Å². The second-order valence-electron chi connectivity index (χ2n) is 14.5. The Labute approximate surface area is 343 Å². The summed E-state index contributed by atoms with van der Waals surface area (Å²) in [6.45, 7) is 8.62. The van der Waals surface area contributed by atoms with Crippen LogP contribution in [0.5, 0.6) is 0 Å². The van der Waals surface area contributed by atoms with E-state index in [1.54, 1.807) is 0 Å². The highest BCUT2D eigenvalue weighted by molar-refractivity contribution is 5.95. The van der Waals surface area contributed by atoms with Crippen molar-refractivity contribution in [2.75, 3.05) is 19.6 Å². The van der Waals surface area contributed by atoms with Crippen molar-refractivity contribution in [3.05, 3.63) is 71.8 Å². The first kappa shape index (κ1) is 51.1. The van der Waals surface area contributed by atoms with E-state index < -0.39 is 71.8 Å². The summed E-state index contributed by atoms with van der Waals surface area (Å²) in [4.78, 5) is 78.2. The number of benzene rings is 2. The van der Waals surface area contributed by atoms with Crippen LogP contribution in [0.2, 0.25) is 0 Å². The number of aliphatic carboxylic acids is 1. The van der Waals surface area contributed by atoms with Crippen molar-refractivity contribution >= 4 is 35.5 Å². The molecule has 1 unspecified atom stereocenters. The number of hydrogen-bond donors (Lipinski definition) is 10. The maximum absolute atomic E-state index is 13.9. The Kier molecular flexibility index (Phi) is 25.9. The average molecular weight is 812 g/mol. The Morgan fingerprint density at radius 3 is 1.57 bits per heavy atom. The van der Waals surface area contributed by atoms with E-state index in [1.807, 2.05) is 88.4 Å². The summed E-state index contributed by atoms with van der Waals surface area (Å²) in [6, 6.07) is 12.5. The molecule has 0 aliphatic rings. The number of rotatable bonds is 27. The first-order valence-electron chi connectivity index (χ1n) is 20.5. The zero-order valence-corrected chi connectivity index (χ0v) is 34.7. The van der Waals surface area contributed by atoms with Gasteiger partial charge in [-0.05, 0) is 87.9 Å². The van der Waals surface area contributed by atoms with Gasteiger partial charge in [-0.1, -0.05) is 88.4 Å². The largest absolute Gasteiger partial charge is 0.480 e. The Morgan fingerprint density at radius 2 is 1.02 bits per heavy atom. The zero-order chi connectivity index (χ0) is 43.5. The summed E-state index contributed by atoms with van der Waals surface area (Å²) in [5.74, 6) is -3.91. The lowest BCUT2D eigenvalue weighted by molar-refractivity contribution is -0.142. The Bertz CT molecular complexity index is 1510. The van der Waals surface area contributed by atoms with Gasteiger partial charge in [0.2, 0.25) is 29.5 Å². The average Bonchev–Trinajstić information content (AvgIpc) is 3.21. The van der Waals surface area contributed by atoms with Crippen molar-refractivity contribution in [3.63, 3.8) is 0 Å². The molecule has 0 spiro atoms. The topological polar surface area (TPSA) is 287 Å². The van der Waals surface area contributed by atoms with Gasteiger partial charge in [-0.15, -0.1) is 0 Å². The van der Waals surface area contributed by atoms with Gasteiger partial charge in [-0.2, -0.15) is 0 Å². The van der Waals surface area contributed by atoms with Crippen molar-refractivity contribution in [1.29, 1.82) is 0 Å². The molecule has 0 fully saturated rings. The highest BCUT2D eigenvalue weighted by atomic mass is 16.4. The smallest absolute Gasteiger partial charge is 0.326 e. The molecule has 14 N–H and O–H groups in total. The van der Waals surface area contributed by atoms with Gasteiger partial charge in [-0.25, -0.2) is 4.79 Å². The molecular formula is C42H69N9O7. The molecule has 0 saturated heterocycles. The van der Waals surface area contributed by atoms with Crippen molar-refractivity contribution in [3.8, 4) is 0 Å². The van der Waals surface area contributed by atoms with Crippen LogP contribution in [0.25, 0.3) is 0 Å². The lowest BCUT2D eigenvalue weighted by Crippen LogP contribution is -2.58. The van der Waals surface area contributed by atoms with E-state index in [4.69, 9.17) is 22.9 Å². The maximum atomic E-state index is 13.9. The third kappa shape index (κ3) is 20.5. The van der Waals surface area contributed by atoms with Gasteiger partial charge < -0.3 is 54.6 Å². The number of unbranched alkanes of at least 4 members (excludes halogenated alkanes) is 1. The monoisotopic (exact) mass is 812 g/mol. The van der Waals surface area contributed by atoms with Gasteiger partial charge >= 0.3 is 5.97 Å². The number of hydrogen-bond acceptors (Lipinski definition) is 10. The van der Waals surface area contributed by atoms with Gasteiger partial charge in [0.05, 0.1) is 12.1 Å². The van der Waals surface area contributed by atoms with Crippen molar-refractivity contribution in [1.82, 2.24) is 26.6 Å². The fourth-order valence-electron chi connectivity index (χ4n) is 5.95. The van der Waals surface area contributed by atoms with E-state index in [9.17, 15) is 33.9 Å². The number of carboxylic acids is 1. The van der Waals surface area contributed by atoms with Gasteiger partial charge in [0, 0.05) is 13.0 Å². The number of nitrogens with one attached hydrogen (secondary N) is 5. The predicted molar refractivity (Wildman–Crippen MR) is 226 cm³/mol. The Balaban J connectivity index is 0.00000827. The minimum Gasteiger partial charge on any atom is -0.480 e. The third-order valence-electron chi connectivity index (χ3n) is 9.11. The quantitative estimate of drug-likeness (QED) is 0.0568. The molecule has 0 aromatic heterocycles. The molecule has 0 bridgehead atoms. The minimum absolute atomic E-state index is 0.0232. The maximum Gasteiger partial charge on any atom is 0.326 e. The zero-order valence-electron chi connectivity index (χ0n) is 34.7. The van der Waals surface area contributed by atoms with Crippen LogP contribution in [0.1, 0.15) is 90.2 Å². The molecule has 58 heavy (non-hydrogen) atoms. The summed E-state index contributed by atoms with van der Waals surface area (Å²) in [7, 11) is 0. The minimum atomic E-state index is -1.19. The van der Waals surface area contributed by atoms with E-state index in [0.29, 0.717) is 38.6 Å². The van der Waals surface area contributed by atoms with E-state index in [2.05, 4.69) is 26.6 Å². The van der Waals surface area contributed by atoms with Gasteiger partial charge in [-0.3, -0.25) is 24.0 Å². The first-order chi connectivity index (χ1) is 27.7. The highest BCUT2D eigenvalue weighted by Crippen LogP contribution is 2.11. The van der Waals surface area contributed by atoms with E-state index in [-0.39, 0.29) is 51.1 Å². The van der Waals surface area contributed by atoms with E-state index in [1.165, 1.54) is 0 Å². The molecule has 0 aliphatic heterocycles. The van der Waals surface area contributed by atoms with Crippen LogP contribution in [-0.2, 0) is 41.6 Å². The lowest BCUT2D eigenvalue weighted by atomic mass is 10.00. The normalized spacial score (nSPS) is 13.9. The second-order valence-corrected chi connectivity index (χ2v) is 14.5. The molecule has 2 rings (SSSR count). The summed E-state index contributed by atoms with van der Waals surface area (Å²) in [6.07, 6.45) is 3.10. The molecule has 16 nitrogen and oxygen atoms in total. The number of nitrogens with two attached hydrogens (primary N) is 4. The summed E-state index contributed by atoms with van der Waals surface area (Å²) in [5.41, 5.74) is 24.9. The molecule has 0 aliphatic carbocycles. The van der Waals surface area contributed by atoms with Gasteiger partial charge in [0.1, 0.15) is 24.2 Å². The molecule has 2 aromatic carbocycles. The fraction of sp³-hybridized carbons (Fsp3) is 0.571. The van der Waals surface area contributed by atoms with Crippen LogP contribution in [0.4, 0.5) is 0 Å². The molecule has 0 heterocycles. The number of carboxylic acid groups (broad SMARTS) is 1. The molecular weight excluding hydrogens is 743 g/mol. The van der Waals surface area contributed by atoms with E-state index >= 15 is 0 Å². The van der Waals surface area contributed by atoms with Crippen molar-refractivity contribution in [2.45, 2.75) is 128 Å². The summed E-state index contributed by atoms with van der Waals surface area (Å²) < 4.78 is 0. The molecule has 324 valence electrons. The van der Waals surface area contributed by atoms with Crippen molar-refractivity contribution in [2.24, 2.45) is 28.9 Å². The number of carbonyl (C=O) groups excluding carboxylic acids is 5. The van der Waals surface area contributed by atoms with Gasteiger partial charge in [0.15, 0.2) is 0 Å². The Morgan fingerprint density at radius 1 is 0.552 bits per heavy atom. The summed E-state index contributed by atoms with van der Waals surface area (Å²) >= 11 is 0. The fourth-order valence-corrected chi connectivity index (χ4v) is 5.95. The van der Waals surface area contributed by atoms with Crippen LogP contribution in [-0.4, -0.2) is 96.5 Å². The summed E-state index contributed by atoms with van der Waals surface area (Å²) in [5, 5.41) is 23.2. The molecule has 2 aromatic rings. The van der Waals surface area contributed by atoms with Crippen LogP contribution in [0, 0.1) is 5.92 Å². The standard InChI is InChI=1S/C40H63N9O7.C2H6/c1-26(2)23-33(49-39(54)34(25-28-15-7-4-8-16-28)48-36(51)30(44)24-27-13-5-3-6-14-27)38(53)46-31(19-12-21-42)37(52)45-22-10-9-18-32(40(55)56)47-35(50)29(43)17-11-20-41;1-2/h3-8,13-16,26,29-34H,9-12,17-25,41-44H2,1-2H3,(H,45,52)(H,46,53)(H,47,50)(H,48,51)(H,49,54)(H,55,56);1-2H3/t29-,30-,31-,32?,33-,34-;/m1./s1. The molecule has 6 atom stereocenters. The van der Waals surface area contributed by atoms with Crippen LogP contribution >= 0.6 is 0 Å². The Hall–Kier alpha value is -4.90. The number of carbonyl (C=O) groups is 6. The molecule has 0 saturated carbocycles. The predicted octanol–water partition coefficient (Wildman–Crippen LogP) is 0.987.